The Morgan fingerprint density at radius 3 is 2.34 bits per heavy atom. The third-order valence-electron chi connectivity index (χ3n) is 6.84. The molecule has 2 aliphatic rings. The van der Waals surface area contributed by atoms with E-state index in [0.717, 1.165) is 43.6 Å². The molecule has 9 nitrogen and oxygen atoms in total. The number of nitriles is 1. The fraction of sp³-hybridized carbons (Fsp3) is 0.310. The number of carbonyl (C=O) groups excluding carboxylic acids is 2. The maximum atomic E-state index is 12.9. The third-order valence-corrected chi connectivity index (χ3v) is 6.84. The van der Waals surface area contributed by atoms with Gasteiger partial charge in [-0.25, -0.2) is 9.97 Å². The van der Waals surface area contributed by atoms with Gasteiger partial charge in [-0.05, 0) is 56.0 Å². The van der Waals surface area contributed by atoms with E-state index in [4.69, 9.17) is 5.26 Å². The Morgan fingerprint density at radius 1 is 1.08 bits per heavy atom. The minimum Gasteiger partial charge on any atom is -0.341 e. The highest BCUT2D eigenvalue weighted by Gasteiger charge is 2.25. The van der Waals surface area contributed by atoms with Crippen molar-refractivity contribution in [2.75, 3.05) is 31.1 Å². The zero-order valence-electron chi connectivity index (χ0n) is 21.6. The smallest absolute Gasteiger partial charge is 0.258 e. The molecule has 194 valence electrons. The van der Waals surface area contributed by atoms with Gasteiger partial charge in [0.1, 0.15) is 6.07 Å². The number of anilines is 1. The first-order valence-corrected chi connectivity index (χ1v) is 12.6. The molecule has 2 fully saturated rings. The second kappa shape index (κ2) is 12.1. The van der Waals surface area contributed by atoms with Crippen LogP contribution < -0.4 is 10.2 Å². The summed E-state index contributed by atoms with van der Waals surface area (Å²) in [7, 11) is 0. The number of carbonyl (C=O) groups is 2. The third kappa shape index (κ3) is 6.21. The van der Waals surface area contributed by atoms with Crippen LogP contribution in [0.2, 0.25) is 0 Å². The SMILES string of the molecule is C=C/C(NC(=O)c1cnc(N2CCC2)nc1)=C(C)\C=C/C(=C)C(=O)N1CCC(c2ccc(C#N)cn2)CC1. The number of hydrogen-bond donors (Lipinski definition) is 1. The number of nitrogens with one attached hydrogen (secondary N) is 1. The Labute approximate surface area is 222 Å². The quantitative estimate of drug-likeness (QED) is 0.426. The fourth-order valence-electron chi connectivity index (χ4n) is 4.30. The van der Waals surface area contributed by atoms with Crippen molar-refractivity contribution >= 4 is 17.8 Å². The first-order valence-electron chi connectivity index (χ1n) is 12.6. The molecule has 0 bridgehead atoms. The number of rotatable bonds is 8. The van der Waals surface area contributed by atoms with Gasteiger partial charge in [0.25, 0.3) is 11.8 Å². The summed E-state index contributed by atoms with van der Waals surface area (Å²) in [5.74, 6) is 0.433. The number of allylic oxidation sites excluding steroid dienone is 3. The minimum absolute atomic E-state index is 0.121. The summed E-state index contributed by atoms with van der Waals surface area (Å²) in [6, 6.07) is 5.75. The van der Waals surface area contributed by atoms with Crippen LogP contribution in [0, 0.1) is 11.3 Å². The number of likely N-dealkylation sites (tertiary alicyclic amines) is 1. The Kier molecular flexibility index (Phi) is 8.44. The molecule has 2 aromatic rings. The van der Waals surface area contributed by atoms with E-state index in [-0.39, 0.29) is 17.7 Å². The normalized spacial score (nSPS) is 16.3. The van der Waals surface area contributed by atoms with Crippen molar-refractivity contribution in [3.8, 4) is 6.07 Å². The van der Waals surface area contributed by atoms with Gasteiger partial charge in [0.15, 0.2) is 0 Å². The molecular formula is C29H31N7O2. The monoisotopic (exact) mass is 509 g/mol. The Hall–Kier alpha value is -4.58. The van der Waals surface area contributed by atoms with E-state index < -0.39 is 0 Å². The maximum absolute atomic E-state index is 12.9. The summed E-state index contributed by atoms with van der Waals surface area (Å²) in [5, 5.41) is 11.8. The van der Waals surface area contributed by atoms with Crippen LogP contribution in [0.15, 0.2) is 79.0 Å². The molecule has 2 aliphatic heterocycles. The molecule has 2 amide bonds. The van der Waals surface area contributed by atoms with Crippen molar-refractivity contribution < 1.29 is 9.59 Å². The second-order valence-electron chi connectivity index (χ2n) is 9.38. The Balaban J connectivity index is 1.31. The molecule has 4 rings (SSSR count). The van der Waals surface area contributed by atoms with E-state index >= 15 is 0 Å². The molecule has 1 N–H and O–H groups in total. The zero-order chi connectivity index (χ0) is 27.1. The Bertz CT molecular complexity index is 1310. The molecular weight excluding hydrogens is 478 g/mol. The first-order chi connectivity index (χ1) is 18.4. The van der Waals surface area contributed by atoms with Crippen molar-refractivity contribution in [3.63, 3.8) is 0 Å². The average molecular weight is 510 g/mol. The lowest BCUT2D eigenvalue weighted by Crippen LogP contribution is -2.38. The summed E-state index contributed by atoms with van der Waals surface area (Å²) in [6.45, 7) is 12.7. The average Bonchev–Trinajstić information content (AvgIpc) is 2.93. The van der Waals surface area contributed by atoms with Crippen LogP contribution in [0.1, 0.15) is 53.7 Å². The zero-order valence-corrected chi connectivity index (χ0v) is 21.6. The molecule has 0 spiro atoms. The summed E-state index contributed by atoms with van der Waals surface area (Å²) in [4.78, 5) is 42.4. The minimum atomic E-state index is -0.336. The predicted octanol–water partition coefficient (Wildman–Crippen LogP) is 3.66. The highest BCUT2D eigenvalue weighted by atomic mass is 16.2. The molecule has 0 radical (unpaired) electrons. The van der Waals surface area contributed by atoms with Gasteiger partial charge < -0.3 is 15.1 Å². The van der Waals surface area contributed by atoms with Crippen LogP contribution in [0.25, 0.3) is 0 Å². The number of pyridine rings is 1. The van der Waals surface area contributed by atoms with Crippen molar-refractivity contribution in [2.45, 2.75) is 32.1 Å². The molecule has 0 saturated carbocycles. The lowest BCUT2D eigenvalue weighted by molar-refractivity contribution is -0.127. The lowest BCUT2D eigenvalue weighted by atomic mass is 9.92. The molecule has 2 saturated heterocycles. The van der Waals surface area contributed by atoms with E-state index in [2.05, 4.69) is 44.4 Å². The van der Waals surface area contributed by atoms with Crippen LogP contribution in [0.5, 0.6) is 0 Å². The Morgan fingerprint density at radius 2 is 1.79 bits per heavy atom. The van der Waals surface area contributed by atoms with Gasteiger partial charge in [0.05, 0.1) is 11.1 Å². The largest absolute Gasteiger partial charge is 0.341 e. The first kappa shape index (κ1) is 26.5. The highest BCUT2D eigenvalue weighted by molar-refractivity contribution is 5.96. The van der Waals surface area contributed by atoms with Gasteiger partial charge in [0.2, 0.25) is 5.95 Å². The van der Waals surface area contributed by atoms with Crippen molar-refractivity contribution in [1.82, 2.24) is 25.2 Å². The maximum Gasteiger partial charge on any atom is 0.258 e. The van der Waals surface area contributed by atoms with Gasteiger partial charge in [-0.15, -0.1) is 0 Å². The molecule has 38 heavy (non-hydrogen) atoms. The summed E-state index contributed by atoms with van der Waals surface area (Å²) < 4.78 is 0. The predicted molar refractivity (Wildman–Crippen MR) is 145 cm³/mol. The van der Waals surface area contributed by atoms with Crippen molar-refractivity contribution in [1.29, 1.82) is 5.26 Å². The number of hydrogen-bond acceptors (Lipinski definition) is 7. The van der Waals surface area contributed by atoms with E-state index in [1.165, 1.54) is 12.4 Å². The molecule has 0 aliphatic carbocycles. The van der Waals surface area contributed by atoms with Crippen LogP contribution in [-0.4, -0.2) is 57.8 Å². The molecule has 0 atom stereocenters. The van der Waals surface area contributed by atoms with Crippen LogP contribution in [-0.2, 0) is 4.79 Å². The molecule has 0 aromatic carbocycles. The van der Waals surface area contributed by atoms with Gasteiger partial charge in [-0.1, -0.05) is 19.2 Å². The number of nitrogens with zero attached hydrogens (tertiary/aromatic N) is 6. The van der Waals surface area contributed by atoms with Crippen LogP contribution in [0.4, 0.5) is 5.95 Å². The fourth-order valence-corrected chi connectivity index (χ4v) is 4.30. The molecule has 9 heteroatoms. The summed E-state index contributed by atoms with van der Waals surface area (Å²) in [5.41, 5.74) is 3.46. The molecule has 2 aromatic heterocycles. The number of piperidine rings is 1. The van der Waals surface area contributed by atoms with Crippen molar-refractivity contribution in [2.24, 2.45) is 0 Å². The van der Waals surface area contributed by atoms with Gasteiger partial charge in [0, 0.05) is 67.7 Å². The topological polar surface area (TPSA) is 115 Å². The number of amides is 2. The van der Waals surface area contributed by atoms with Gasteiger partial charge in [-0.2, -0.15) is 5.26 Å². The number of aromatic nitrogens is 3. The van der Waals surface area contributed by atoms with E-state index in [1.54, 1.807) is 35.4 Å². The van der Waals surface area contributed by atoms with E-state index in [9.17, 15) is 9.59 Å². The van der Waals surface area contributed by atoms with Crippen LogP contribution in [0.3, 0.4) is 0 Å². The standard InChI is InChI=1S/C29H31N7O2/c1-4-25(34-27(37)24-18-32-29(33-19-24)36-12-5-13-36)20(2)6-7-21(3)28(38)35-14-10-23(11-15-35)26-9-8-22(16-30)17-31-26/h4,6-9,17-19,23H,1,3,5,10-15H2,2H3,(H,34,37)/b7-6-,25-20+. The molecule has 0 unspecified atom stereocenters. The van der Waals surface area contributed by atoms with E-state index in [0.29, 0.717) is 41.4 Å². The summed E-state index contributed by atoms with van der Waals surface area (Å²) in [6.07, 6.45) is 12.3. The second-order valence-corrected chi connectivity index (χ2v) is 9.38. The highest BCUT2D eigenvalue weighted by Crippen LogP contribution is 2.27. The van der Waals surface area contributed by atoms with Crippen molar-refractivity contribution in [3.05, 3.63) is 95.8 Å². The van der Waals surface area contributed by atoms with E-state index in [1.807, 2.05) is 13.0 Å². The lowest BCUT2D eigenvalue weighted by Gasteiger charge is -2.32. The van der Waals surface area contributed by atoms with Crippen LogP contribution >= 0.6 is 0 Å². The summed E-state index contributed by atoms with van der Waals surface area (Å²) >= 11 is 0. The van der Waals surface area contributed by atoms with Gasteiger partial charge in [-0.3, -0.25) is 14.6 Å². The van der Waals surface area contributed by atoms with Gasteiger partial charge >= 0.3 is 0 Å². The molecule has 4 heterocycles.